The molecule has 0 aromatic heterocycles. The van der Waals surface area contributed by atoms with E-state index in [9.17, 15) is 9.59 Å². The van der Waals surface area contributed by atoms with Gasteiger partial charge in [0.1, 0.15) is 5.75 Å². The summed E-state index contributed by atoms with van der Waals surface area (Å²) in [6.45, 7) is 0. The summed E-state index contributed by atoms with van der Waals surface area (Å²) in [5.74, 6) is -0.684. The summed E-state index contributed by atoms with van der Waals surface area (Å²) >= 11 is 0. The van der Waals surface area contributed by atoms with E-state index < -0.39 is 11.9 Å². The summed E-state index contributed by atoms with van der Waals surface area (Å²) in [6, 6.07) is 34.9. The number of nitrogens with one attached hydrogen (secondary N) is 1. The molecule has 0 aliphatic rings. The van der Waals surface area contributed by atoms with E-state index >= 15 is 0 Å². The van der Waals surface area contributed by atoms with E-state index in [1.54, 1.807) is 54.7 Å². The maximum absolute atomic E-state index is 13.0. The fraction of sp³-hybridized carbons (Fsp3) is 0.0357. The summed E-state index contributed by atoms with van der Waals surface area (Å²) in [4.78, 5) is 25.1. The predicted octanol–water partition coefficient (Wildman–Crippen LogP) is 5.19. The van der Waals surface area contributed by atoms with Crippen LogP contribution in [0.1, 0.15) is 33.0 Å². The normalized spacial score (nSPS) is 10.8. The molecule has 0 saturated heterocycles. The van der Waals surface area contributed by atoms with E-state index in [4.69, 9.17) is 4.74 Å². The lowest BCUT2D eigenvalue weighted by molar-refractivity contribution is -0.121. The van der Waals surface area contributed by atoms with Crippen molar-refractivity contribution in [1.82, 2.24) is 5.43 Å². The van der Waals surface area contributed by atoms with Crippen molar-refractivity contribution in [3.8, 4) is 5.75 Å². The molecule has 162 valence electrons. The van der Waals surface area contributed by atoms with E-state index in [2.05, 4.69) is 10.5 Å². The van der Waals surface area contributed by atoms with Gasteiger partial charge in [-0.05, 0) is 53.1 Å². The molecule has 5 heteroatoms. The Morgan fingerprint density at radius 3 is 1.76 bits per heavy atom. The second kappa shape index (κ2) is 10.7. The molecule has 0 atom stereocenters. The number of carbonyl (C=O) groups is 2. The number of carbonyl (C=O) groups excluding carboxylic acids is 2. The van der Waals surface area contributed by atoms with Crippen LogP contribution in [-0.2, 0) is 4.79 Å². The Morgan fingerprint density at radius 1 is 0.697 bits per heavy atom. The molecular weight excluding hydrogens is 412 g/mol. The molecule has 1 amide bonds. The summed E-state index contributed by atoms with van der Waals surface area (Å²) in [5, 5.41) is 4.12. The third-order valence-corrected chi connectivity index (χ3v) is 5.02. The Morgan fingerprint density at radius 2 is 1.21 bits per heavy atom. The van der Waals surface area contributed by atoms with Crippen LogP contribution < -0.4 is 10.2 Å². The molecule has 0 heterocycles. The lowest BCUT2D eigenvalue weighted by atomic mass is 9.91. The molecule has 4 rings (SSSR count). The van der Waals surface area contributed by atoms with Gasteiger partial charge in [0.2, 0.25) is 0 Å². The van der Waals surface area contributed by atoms with E-state index in [1.807, 2.05) is 66.7 Å². The van der Waals surface area contributed by atoms with Crippen LogP contribution in [0.15, 0.2) is 120 Å². The molecule has 0 saturated carbocycles. The molecule has 0 radical (unpaired) electrons. The zero-order valence-corrected chi connectivity index (χ0v) is 17.8. The van der Waals surface area contributed by atoms with Crippen LogP contribution in [0.4, 0.5) is 0 Å². The Bertz CT molecular complexity index is 1180. The SMILES string of the molecule is O=C(Oc1ccc(/C=N\NC(=O)C(c2ccccc2)c2ccccc2)cc1)c1ccccc1. The Kier molecular flexibility index (Phi) is 7.03. The first kappa shape index (κ1) is 21.7. The number of amides is 1. The molecule has 1 N–H and O–H groups in total. The van der Waals surface area contributed by atoms with E-state index in [0.717, 1.165) is 16.7 Å². The monoisotopic (exact) mass is 434 g/mol. The van der Waals surface area contributed by atoms with Crippen LogP contribution in [0.3, 0.4) is 0 Å². The van der Waals surface area contributed by atoms with Gasteiger partial charge in [-0.25, -0.2) is 10.2 Å². The standard InChI is InChI=1S/C28H22N2O3/c31-27(26(22-10-4-1-5-11-22)23-12-6-2-7-13-23)30-29-20-21-16-18-25(19-17-21)33-28(32)24-14-8-3-9-15-24/h1-20,26H,(H,30,31)/b29-20-. The second-order valence-corrected chi connectivity index (χ2v) is 7.31. The van der Waals surface area contributed by atoms with Crippen molar-refractivity contribution in [3.05, 3.63) is 138 Å². The molecular formula is C28H22N2O3. The summed E-state index contributed by atoms with van der Waals surface area (Å²) in [5.41, 5.74) is 5.66. The number of rotatable bonds is 7. The fourth-order valence-corrected chi connectivity index (χ4v) is 3.38. The van der Waals surface area contributed by atoms with Crippen molar-refractivity contribution in [1.29, 1.82) is 0 Å². The highest BCUT2D eigenvalue weighted by Crippen LogP contribution is 2.24. The van der Waals surface area contributed by atoms with Crippen LogP contribution in [0.5, 0.6) is 5.75 Å². The van der Waals surface area contributed by atoms with Gasteiger partial charge in [-0.1, -0.05) is 78.9 Å². The fourth-order valence-electron chi connectivity index (χ4n) is 3.38. The number of nitrogens with zero attached hydrogens (tertiary/aromatic N) is 1. The topological polar surface area (TPSA) is 67.8 Å². The quantitative estimate of drug-likeness (QED) is 0.188. The molecule has 0 bridgehead atoms. The molecule has 0 fully saturated rings. The maximum atomic E-state index is 13.0. The van der Waals surface area contributed by atoms with Crippen LogP contribution >= 0.6 is 0 Å². The van der Waals surface area contributed by atoms with E-state index in [1.165, 1.54) is 0 Å². The zero-order valence-electron chi connectivity index (χ0n) is 17.8. The van der Waals surface area contributed by atoms with Crippen molar-refractivity contribution in [3.63, 3.8) is 0 Å². The summed E-state index contributed by atoms with van der Waals surface area (Å²) in [6.07, 6.45) is 1.55. The van der Waals surface area contributed by atoms with Crippen LogP contribution in [0, 0.1) is 0 Å². The average molecular weight is 434 g/mol. The Hall–Kier alpha value is -4.51. The van der Waals surface area contributed by atoms with E-state index in [0.29, 0.717) is 11.3 Å². The van der Waals surface area contributed by atoms with Crippen molar-refractivity contribution in [2.45, 2.75) is 5.92 Å². The molecule has 4 aromatic rings. The van der Waals surface area contributed by atoms with Crippen LogP contribution in [0.2, 0.25) is 0 Å². The minimum Gasteiger partial charge on any atom is -0.423 e. The van der Waals surface area contributed by atoms with Gasteiger partial charge < -0.3 is 4.74 Å². The van der Waals surface area contributed by atoms with Gasteiger partial charge in [0.15, 0.2) is 0 Å². The molecule has 0 aliphatic heterocycles. The van der Waals surface area contributed by atoms with Crippen LogP contribution in [0.25, 0.3) is 0 Å². The highest BCUT2D eigenvalue weighted by molar-refractivity contribution is 5.91. The van der Waals surface area contributed by atoms with Gasteiger partial charge in [0.25, 0.3) is 5.91 Å². The first-order chi connectivity index (χ1) is 16.2. The lowest BCUT2D eigenvalue weighted by Crippen LogP contribution is -2.26. The molecule has 4 aromatic carbocycles. The largest absolute Gasteiger partial charge is 0.423 e. The molecule has 5 nitrogen and oxygen atoms in total. The number of hydrazone groups is 1. The van der Waals surface area contributed by atoms with Gasteiger partial charge in [0.05, 0.1) is 17.7 Å². The van der Waals surface area contributed by atoms with Gasteiger partial charge in [0, 0.05) is 0 Å². The van der Waals surface area contributed by atoms with Gasteiger partial charge in [-0.3, -0.25) is 4.79 Å². The minimum absolute atomic E-state index is 0.225. The lowest BCUT2D eigenvalue weighted by Gasteiger charge is -2.16. The Balaban J connectivity index is 1.40. The third-order valence-electron chi connectivity index (χ3n) is 5.02. The molecule has 33 heavy (non-hydrogen) atoms. The predicted molar refractivity (Wildman–Crippen MR) is 128 cm³/mol. The number of hydrogen-bond donors (Lipinski definition) is 1. The molecule has 0 aliphatic carbocycles. The van der Waals surface area contributed by atoms with Crippen molar-refractivity contribution in [2.75, 3.05) is 0 Å². The van der Waals surface area contributed by atoms with Crippen molar-refractivity contribution >= 4 is 18.1 Å². The van der Waals surface area contributed by atoms with Crippen molar-refractivity contribution < 1.29 is 14.3 Å². The highest BCUT2D eigenvalue weighted by Gasteiger charge is 2.22. The second-order valence-electron chi connectivity index (χ2n) is 7.31. The first-order valence-electron chi connectivity index (χ1n) is 10.5. The Labute approximate surface area is 192 Å². The number of benzene rings is 4. The zero-order chi connectivity index (χ0) is 22.9. The third kappa shape index (κ3) is 5.80. The smallest absolute Gasteiger partial charge is 0.343 e. The van der Waals surface area contributed by atoms with Crippen molar-refractivity contribution in [2.24, 2.45) is 5.10 Å². The minimum atomic E-state index is -0.468. The summed E-state index contributed by atoms with van der Waals surface area (Å²) in [7, 11) is 0. The number of esters is 1. The van der Waals surface area contributed by atoms with Gasteiger partial charge in [-0.15, -0.1) is 0 Å². The van der Waals surface area contributed by atoms with Crippen LogP contribution in [-0.4, -0.2) is 18.1 Å². The highest BCUT2D eigenvalue weighted by atomic mass is 16.5. The number of ether oxygens (including phenoxy) is 1. The molecule has 0 unspecified atom stereocenters. The first-order valence-corrected chi connectivity index (χ1v) is 10.5. The molecule has 0 spiro atoms. The van der Waals surface area contributed by atoms with E-state index in [-0.39, 0.29) is 5.91 Å². The number of hydrogen-bond acceptors (Lipinski definition) is 4. The average Bonchev–Trinajstić information content (AvgIpc) is 2.87. The van der Waals surface area contributed by atoms with Gasteiger partial charge in [-0.2, -0.15) is 5.10 Å². The maximum Gasteiger partial charge on any atom is 0.343 e. The summed E-state index contributed by atoms with van der Waals surface area (Å²) < 4.78 is 5.37. The van der Waals surface area contributed by atoms with Gasteiger partial charge >= 0.3 is 5.97 Å².